The molecule has 1 aliphatic heterocycles. The van der Waals surface area contributed by atoms with Gasteiger partial charge in [0, 0.05) is 31.6 Å². The largest absolute Gasteiger partial charge is 0.327 e. The Balaban J connectivity index is 1.57. The van der Waals surface area contributed by atoms with Crippen LogP contribution in [0.25, 0.3) is 0 Å². The fourth-order valence-corrected chi connectivity index (χ4v) is 3.94. The molecule has 1 amide bonds. The van der Waals surface area contributed by atoms with Gasteiger partial charge < -0.3 is 16.0 Å². The quantitative estimate of drug-likeness (QED) is 0.870. The number of hydrogen-bond acceptors (Lipinski definition) is 4. The van der Waals surface area contributed by atoms with Crippen molar-refractivity contribution in [3.63, 3.8) is 0 Å². The lowest BCUT2D eigenvalue weighted by molar-refractivity contribution is -0.117. The highest BCUT2D eigenvalue weighted by molar-refractivity contribution is 5.90. The molecule has 1 aromatic heterocycles. The predicted molar refractivity (Wildman–Crippen MR) is 91.2 cm³/mol. The molecule has 2 heterocycles. The second-order valence-electron chi connectivity index (χ2n) is 6.93. The Morgan fingerprint density at radius 2 is 2.13 bits per heavy atom. The van der Waals surface area contributed by atoms with E-state index in [0.29, 0.717) is 18.4 Å². The maximum Gasteiger partial charge on any atom is 0.225 e. The second-order valence-corrected chi connectivity index (χ2v) is 6.93. The zero-order chi connectivity index (χ0) is 16.2. The van der Waals surface area contributed by atoms with Crippen molar-refractivity contribution < 1.29 is 4.79 Å². The number of nitrogens with zero attached hydrogens (tertiary/aromatic N) is 3. The summed E-state index contributed by atoms with van der Waals surface area (Å²) >= 11 is 0. The summed E-state index contributed by atoms with van der Waals surface area (Å²) in [5.41, 5.74) is 6.07. The van der Waals surface area contributed by atoms with Crippen LogP contribution in [0.2, 0.25) is 0 Å². The van der Waals surface area contributed by atoms with Gasteiger partial charge in [0.15, 0.2) is 0 Å². The molecule has 128 valence electrons. The highest BCUT2D eigenvalue weighted by atomic mass is 16.1. The van der Waals surface area contributed by atoms with E-state index < -0.39 is 0 Å². The third kappa shape index (κ3) is 3.93. The van der Waals surface area contributed by atoms with Gasteiger partial charge in [-0.05, 0) is 38.1 Å². The maximum absolute atomic E-state index is 12.3. The van der Waals surface area contributed by atoms with Crippen LogP contribution in [0.3, 0.4) is 0 Å². The van der Waals surface area contributed by atoms with E-state index in [0.717, 1.165) is 57.6 Å². The molecular weight excluding hydrogens is 290 g/mol. The molecule has 0 radical (unpaired) electrons. The summed E-state index contributed by atoms with van der Waals surface area (Å²) in [6, 6.07) is 2.47. The van der Waals surface area contributed by atoms with Crippen molar-refractivity contribution in [2.24, 2.45) is 11.7 Å². The minimum Gasteiger partial charge on any atom is -0.327 e. The van der Waals surface area contributed by atoms with Crippen LogP contribution in [0, 0.1) is 5.92 Å². The van der Waals surface area contributed by atoms with Crippen LogP contribution in [0.1, 0.15) is 51.5 Å². The van der Waals surface area contributed by atoms with Gasteiger partial charge in [0.2, 0.25) is 5.91 Å². The number of nitrogens with two attached hydrogens (primary N) is 1. The molecule has 2 atom stereocenters. The lowest BCUT2D eigenvalue weighted by Gasteiger charge is -2.31. The molecule has 1 saturated carbocycles. The Labute approximate surface area is 138 Å². The molecule has 1 aromatic rings. The summed E-state index contributed by atoms with van der Waals surface area (Å²) in [7, 11) is 0. The summed E-state index contributed by atoms with van der Waals surface area (Å²) in [6.07, 6.45) is 7.75. The molecule has 6 heteroatoms. The van der Waals surface area contributed by atoms with Crippen molar-refractivity contribution in [3.8, 4) is 0 Å². The van der Waals surface area contributed by atoms with Crippen LogP contribution < -0.4 is 11.1 Å². The van der Waals surface area contributed by atoms with Crippen LogP contribution in [0.5, 0.6) is 0 Å². The fourth-order valence-electron chi connectivity index (χ4n) is 3.94. The van der Waals surface area contributed by atoms with Gasteiger partial charge in [-0.1, -0.05) is 13.3 Å². The molecule has 0 unspecified atom stereocenters. The molecule has 6 nitrogen and oxygen atoms in total. The molecule has 3 N–H and O–H groups in total. The van der Waals surface area contributed by atoms with Crippen molar-refractivity contribution in [1.29, 1.82) is 0 Å². The van der Waals surface area contributed by atoms with Gasteiger partial charge in [-0.25, -0.2) is 4.68 Å². The highest BCUT2D eigenvalue weighted by Crippen LogP contribution is 2.28. The van der Waals surface area contributed by atoms with Crippen LogP contribution >= 0.6 is 0 Å². The summed E-state index contributed by atoms with van der Waals surface area (Å²) in [6.45, 7) is 5.52. The molecular formula is C17H29N5O. The first-order valence-corrected chi connectivity index (χ1v) is 8.98. The third-order valence-electron chi connectivity index (χ3n) is 5.45. The van der Waals surface area contributed by atoms with E-state index in [1.165, 1.54) is 0 Å². The Bertz CT molecular complexity index is 521. The van der Waals surface area contributed by atoms with Crippen LogP contribution in [0.4, 0.5) is 5.82 Å². The Morgan fingerprint density at radius 3 is 2.78 bits per heavy atom. The van der Waals surface area contributed by atoms with E-state index in [1.807, 2.05) is 10.7 Å². The van der Waals surface area contributed by atoms with Crippen molar-refractivity contribution in [3.05, 3.63) is 12.3 Å². The summed E-state index contributed by atoms with van der Waals surface area (Å²) in [5.74, 6) is 1.23. The maximum atomic E-state index is 12.3. The number of rotatable bonds is 5. The van der Waals surface area contributed by atoms with Gasteiger partial charge in [0.1, 0.15) is 5.82 Å². The van der Waals surface area contributed by atoms with Crippen molar-refractivity contribution in [1.82, 2.24) is 14.7 Å². The number of likely N-dealkylation sites (tertiary alicyclic amines) is 1. The number of aromatic nitrogens is 2. The minimum absolute atomic E-state index is 0.0695. The van der Waals surface area contributed by atoms with Crippen molar-refractivity contribution >= 4 is 11.7 Å². The molecule has 2 aliphatic rings. The van der Waals surface area contributed by atoms with Crippen LogP contribution in [-0.2, 0) is 4.79 Å². The predicted octanol–water partition coefficient (Wildman–Crippen LogP) is 2.00. The minimum atomic E-state index is 0.0695. The van der Waals surface area contributed by atoms with Crippen molar-refractivity contribution in [2.75, 3.05) is 25.0 Å². The number of carbonyl (C=O) groups excluding carboxylic acids is 1. The topological polar surface area (TPSA) is 76.2 Å². The van der Waals surface area contributed by atoms with Crippen molar-refractivity contribution in [2.45, 2.75) is 57.5 Å². The van der Waals surface area contributed by atoms with E-state index in [1.54, 1.807) is 6.20 Å². The first-order valence-electron chi connectivity index (χ1n) is 8.98. The van der Waals surface area contributed by atoms with E-state index in [2.05, 4.69) is 22.2 Å². The molecule has 0 aromatic carbocycles. The Kier molecular flexibility index (Phi) is 5.33. The average molecular weight is 319 g/mol. The first kappa shape index (κ1) is 16.5. The number of carbonyl (C=O) groups is 1. The number of nitrogens with one attached hydrogen (secondary N) is 1. The molecule has 0 bridgehead atoms. The normalized spacial score (nSPS) is 26.5. The highest BCUT2D eigenvalue weighted by Gasteiger charge is 2.27. The zero-order valence-corrected chi connectivity index (χ0v) is 14.1. The fraction of sp³-hybridized carbons (Fsp3) is 0.765. The first-order chi connectivity index (χ1) is 11.2. The Hall–Kier alpha value is -1.40. The summed E-state index contributed by atoms with van der Waals surface area (Å²) in [5, 5.41) is 7.50. The van der Waals surface area contributed by atoms with Gasteiger partial charge in [-0.15, -0.1) is 0 Å². The standard InChI is InChI=1S/C17H29N5O/c1-2-21-10-7-14(8-11-21)22-16(6-9-19-22)20-17(23)12-13-4-3-5-15(13)18/h6,9,13-15H,2-5,7-8,10-12,18H2,1H3,(H,20,23)/t13-,15+/m0/s1. The van der Waals surface area contributed by atoms with Gasteiger partial charge in [-0.3, -0.25) is 4.79 Å². The van der Waals surface area contributed by atoms with E-state index in [4.69, 9.17) is 5.73 Å². The van der Waals surface area contributed by atoms with Gasteiger partial charge in [0.05, 0.1) is 12.2 Å². The average Bonchev–Trinajstić information content (AvgIpc) is 3.17. The zero-order valence-electron chi connectivity index (χ0n) is 14.1. The number of anilines is 1. The smallest absolute Gasteiger partial charge is 0.225 e. The number of amides is 1. The van der Waals surface area contributed by atoms with E-state index in [9.17, 15) is 4.79 Å². The SMILES string of the molecule is CCN1CCC(n2nccc2NC(=O)C[C@@H]2CCC[C@H]2N)CC1. The van der Waals surface area contributed by atoms with Gasteiger partial charge in [0.25, 0.3) is 0 Å². The number of hydrogen-bond donors (Lipinski definition) is 2. The third-order valence-corrected chi connectivity index (χ3v) is 5.45. The lowest BCUT2D eigenvalue weighted by Crippen LogP contribution is -2.35. The lowest BCUT2D eigenvalue weighted by atomic mass is 10.00. The monoisotopic (exact) mass is 319 g/mol. The molecule has 3 rings (SSSR count). The van der Waals surface area contributed by atoms with Gasteiger partial charge >= 0.3 is 0 Å². The second kappa shape index (κ2) is 7.45. The molecule has 0 spiro atoms. The van der Waals surface area contributed by atoms with Crippen LogP contribution in [-0.4, -0.2) is 46.3 Å². The van der Waals surface area contributed by atoms with E-state index in [-0.39, 0.29) is 11.9 Å². The molecule has 1 aliphatic carbocycles. The summed E-state index contributed by atoms with van der Waals surface area (Å²) < 4.78 is 2.00. The molecule has 2 fully saturated rings. The molecule has 23 heavy (non-hydrogen) atoms. The van der Waals surface area contributed by atoms with Gasteiger partial charge in [-0.2, -0.15) is 5.10 Å². The van der Waals surface area contributed by atoms with Crippen LogP contribution in [0.15, 0.2) is 12.3 Å². The summed E-state index contributed by atoms with van der Waals surface area (Å²) in [4.78, 5) is 14.8. The van der Waals surface area contributed by atoms with E-state index >= 15 is 0 Å². The number of piperidine rings is 1. The molecule has 1 saturated heterocycles. The Morgan fingerprint density at radius 1 is 1.35 bits per heavy atom.